The van der Waals surface area contributed by atoms with E-state index in [0.29, 0.717) is 30.1 Å². The molecule has 0 radical (unpaired) electrons. The van der Waals surface area contributed by atoms with Crippen molar-refractivity contribution in [3.8, 4) is 5.88 Å². The lowest BCUT2D eigenvalue weighted by atomic mass is 9.95. The van der Waals surface area contributed by atoms with E-state index in [4.69, 9.17) is 0 Å². The smallest absolute Gasteiger partial charge is 0.251 e. The molecular weight excluding hydrogens is 561 g/mol. The van der Waals surface area contributed by atoms with Gasteiger partial charge in [-0.25, -0.2) is 0 Å². The zero-order valence-corrected chi connectivity index (χ0v) is 22.5. The van der Waals surface area contributed by atoms with Crippen molar-refractivity contribution < 1.29 is 9.90 Å². The van der Waals surface area contributed by atoms with Crippen molar-refractivity contribution in [2.75, 3.05) is 19.6 Å². The normalized spacial score (nSPS) is 16.3. The highest BCUT2D eigenvalue weighted by atomic mass is 127. The largest absolute Gasteiger partial charge is 0.494 e. The molecule has 0 saturated carbocycles. The number of piperidine rings is 1. The molecule has 1 saturated heterocycles. The molecule has 5 rings (SSSR count). The average Bonchev–Trinajstić information content (AvgIpc) is 3.22. The number of halogens is 1. The second-order valence-electron chi connectivity index (χ2n) is 9.58. The molecule has 2 heterocycles. The highest BCUT2D eigenvalue weighted by Crippen LogP contribution is 2.31. The van der Waals surface area contributed by atoms with E-state index in [1.165, 1.54) is 28.4 Å². The van der Waals surface area contributed by atoms with Gasteiger partial charge in [-0.2, -0.15) is 0 Å². The van der Waals surface area contributed by atoms with Gasteiger partial charge in [0.05, 0.1) is 6.54 Å². The van der Waals surface area contributed by atoms with Gasteiger partial charge in [0.25, 0.3) is 5.91 Å². The second kappa shape index (κ2) is 11.5. The highest BCUT2D eigenvalue weighted by Gasteiger charge is 2.23. The zero-order valence-electron chi connectivity index (χ0n) is 20.4. The maximum atomic E-state index is 12.9. The number of nitrogens with zero attached hydrogens (tertiary/aromatic N) is 2. The molecule has 4 aromatic rings. The molecule has 1 fully saturated rings. The molecular formula is C30H32IN3O2. The van der Waals surface area contributed by atoms with Crippen molar-refractivity contribution >= 4 is 39.3 Å². The summed E-state index contributed by atoms with van der Waals surface area (Å²) in [5.41, 5.74) is 3.08. The number of carbonyl (C=O) groups is 1. The molecule has 1 aromatic heterocycles. The number of rotatable bonds is 8. The number of amides is 1. The first kappa shape index (κ1) is 24.8. The van der Waals surface area contributed by atoms with Gasteiger partial charge in [-0.05, 0) is 83.8 Å². The molecule has 0 aliphatic carbocycles. The number of hydrogen-bond acceptors (Lipinski definition) is 3. The van der Waals surface area contributed by atoms with E-state index in [2.05, 4.69) is 87.4 Å². The Bertz CT molecular complexity index is 1320. The fourth-order valence-corrected chi connectivity index (χ4v) is 5.55. The van der Waals surface area contributed by atoms with Crippen molar-refractivity contribution in [1.29, 1.82) is 0 Å². The fraction of sp³-hybridized carbons (Fsp3) is 0.300. The first-order valence-electron chi connectivity index (χ1n) is 12.7. The van der Waals surface area contributed by atoms with Crippen molar-refractivity contribution in [2.24, 2.45) is 0 Å². The lowest BCUT2D eigenvalue weighted by Crippen LogP contribution is -2.36. The minimum atomic E-state index is -0.0973. The van der Waals surface area contributed by atoms with Gasteiger partial charge in [0, 0.05) is 45.2 Å². The third kappa shape index (κ3) is 5.76. The molecule has 0 bridgehead atoms. The van der Waals surface area contributed by atoms with Crippen molar-refractivity contribution in [3.05, 3.63) is 99.3 Å². The summed E-state index contributed by atoms with van der Waals surface area (Å²) < 4.78 is 3.01. The minimum absolute atomic E-state index is 0.0973. The van der Waals surface area contributed by atoms with Crippen LogP contribution in [-0.4, -0.2) is 40.1 Å². The molecule has 1 amide bonds. The molecule has 36 heavy (non-hydrogen) atoms. The molecule has 3 aromatic carbocycles. The monoisotopic (exact) mass is 593 g/mol. The van der Waals surface area contributed by atoms with E-state index >= 15 is 0 Å². The molecule has 1 aliphatic rings. The summed E-state index contributed by atoms with van der Waals surface area (Å²) in [5, 5.41) is 15.5. The molecule has 5 nitrogen and oxygen atoms in total. The Labute approximate surface area is 226 Å². The van der Waals surface area contributed by atoms with Gasteiger partial charge in [0.1, 0.15) is 0 Å². The van der Waals surface area contributed by atoms with Crippen LogP contribution >= 0.6 is 22.6 Å². The van der Waals surface area contributed by atoms with E-state index in [-0.39, 0.29) is 11.8 Å². The third-order valence-electron chi connectivity index (χ3n) is 7.10. The summed E-state index contributed by atoms with van der Waals surface area (Å²) in [6.07, 6.45) is 6.56. The van der Waals surface area contributed by atoms with Crippen LogP contribution < -0.4 is 5.32 Å². The van der Waals surface area contributed by atoms with Crippen molar-refractivity contribution in [1.82, 2.24) is 14.8 Å². The first-order chi connectivity index (χ1) is 17.6. The van der Waals surface area contributed by atoms with Gasteiger partial charge in [0.15, 0.2) is 5.88 Å². The maximum Gasteiger partial charge on any atom is 0.251 e. The highest BCUT2D eigenvalue weighted by molar-refractivity contribution is 14.1. The average molecular weight is 594 g/mol. The van der Waals surface area contributed by atoms with E-state index in [9.17, 15) is 9.90 Å². The van der Waals surface area contributed by atoms with Crippen molar-refractivity contribution in [2.45, 2.75) is 38.3 Å². The first-order valence-corrected chi connectivity index (χ1v) is 13.8. The van der Waals surface area contributed by atoms with Crippen LogP contribution in [0, 0.1) is 3.57 Å². The van der Waals surface area contributed by atoms with Crippen LogP contribution in [0.3, 0.4) is 0 Å². The quantitative estimate of drug-likeness (QED) is 0.185. The summed E-state index contributed by atoms with van der Waals surface area (Å²) in [7, 11) is 0. The summed E-state index contributed by atoms with van der Waals surface area (Å²) in [6.45, 7) is 3.30. The fourth-order valence-electron chi connectivity index (χ4n) is 5.19. The Hall–Kier alpha value is -2.84. The Morgan fingerprint density at radius 3 is 2.64 bits per heavy atom. The number of carbonyl (C=O) groups excluding carboxylic acids is 1. The lowest BCUT2D eigenvalue weighted by molar-refractivity contribution is 0.0947. The Kier molecular flexibility index (Phi) is 7.92. The van der Waals surface area contributed by atoms with Gasteiger partial charge >= 0.3 is 0 Å². The molecule has 2 N–H and O–H groups in total. The van der Waals surface area contributed by atoms with Crippen LogP contribution in [0.25, 0.3) is 10.8 Å². The second-order valence-corrected chi connectivity index (χ2v) is 10.8. The molecule has 1 unspecified atom stereocenters. The molecule has 1 atom stereocenters. The summed E-state index contributed by atoms with van der Waals surface area (Å²) in [4.78, 5) is 15.4. The van der Waals surface area contributed by atoms with Gasteiger partial charge in [0.2, 0.25) is 0 Å². The molecule has 6 heteroatoms. The van der Waals surface area contributed by atoms with E-state index in [1.807, 2.05) is 22.9 Å². The number of benzene rings is 3. The van der Waals surface area contributed by atoms with E-state index in [0.717, 1.165) is 30.5 Å². The third-order valence-corrected chi connectivity index (χ3v) is 7.81. The minimum Gasteiger partial charge on any atom is -0.494 e. The van der Waals surface area contributed by atoms with Crippen LogP contribution in [0.4, 0.5) is 0 Å². The Morgan fingerprint density at radius 2 is 1.83 bits per heavy atom. The van der Waals surface area contributed by atoms with E-state index < -0.39 is 0 Å². The van der Waals surface area contributed by atoms with Crippen LogP contribution in [0.1, 0.15) is 53.2 Å². The predicted octanol–water partition coefficient (Wildman–Crippen LogP) is 6.35. The number of likely N-dealkylation sites (tertiary alicyclic amines) is 1. The van der Waals surface area contributed by atoms with Crippen LogP contribution in [0.5, 0.6) is 5.88 Å². The number of fused-ring (bicyclic) bond motifs is 1. The molecule has 186 valence electrons. The van der Waals surface area contributed by atoms with Gasteiger partial charge in [-0.1, -0.05) is 55.0 Å². The Morgan fingerprint density at radius 1 is 1.03 bits per heavy atom. The van der Waals surface area contributed by atoms with Gasteiger partial charge in [-0.3, -0.25) is 9.69 Å². The van der Waals surface area contributed by atoms with Gasteiger partial charge < -0.3 is 15.0 Å². The van der Waals surface area contributed by atoms with Crippen molar-refractivity contribution in [3.63, 3.8) is 0 Å². The predicted molar refractivity (Wildman–Crippen MR) is 153 cm³/mol. The van der Waals surface area contributed by atoms with E-state index in [1.54, 1.807) is 6.07 Å². The summed E-state index contributed by atoms with van der Waals surface area (Å²) in [6, 6.07) is 25.0. The number of nitrogens with one attached hydrogen (secondary N) is 1. The van der Waals surface area contributed by atoms with Crippen LogP contribution in [0.15, 0.2) is 79.0 Å². The topological polar surface area (TPSA) is 57.5 Å². The van der Waals surface area contributed by atoms with Gasteiger partial charge in [-0.15, -0.1) is 0 Å². The maximum absolute atomic E-state index is 12.9. The lowest BCUT2D eigenvalue weighted by Gasteiger charge is -2.36. The molecule has 1 aliphatic heterocycles. The Balaban J connectivity index is 1.18. The number of hydrogen-bond donors (Lipinski definition) is 2. The van der Waals surface area contributed by atoms with Crippen LogP contribution in [-0.2, 0) is 6.54 Å². The standard InChI is InChI=1S/C30H32IN3O2/c31-26-14-10-22(11-15-26)20-34-21-25-13-12-24(19-27(25)30(34)36)29(35)32-16-6-18-33-17-5-4-9-28(33)23-7-2-1-3-8-23/h1-3,7-8,10-15,19,21,28,36H,4-6,9,16-18,20H2,(H,32,35). The number of aromatic hydroxyl groups is 1. The SMILES string of the molecule is O=C(NCCCN1CCCCC1c1ccccc1)c1ccc2cn(Cc3ccc(I)cc3)c(O)c2c1. The number of aromatic nitrogens is 1. The zero-order chi connectivity index (χ0) is 24.9. The molecule has 0 spiro atoms. The summed E-state index contributed by atoms with van der Waals surface area (Å²) in [5.74, 6) is 0.0928. The van der Waals surface area contributed by atoms with Crippen LogP contribution in [0.2, 0.25) is 0 Å². The summed E-state index contributed by atoms with van der Waals surface area (Å²) >= 11 is 2.28.